The number of fused-ring (bicyclic) bond motifs is 1. The van der Waals surface area contributed by atoms with E-state index in [0.29, 0.717) is 18.6 Å². The fourth-order valence-electron chi connectivity index (χ4n) is 5.98. The summed E-state index contributed by atoms with van der Waals surface area (Å²) in [5, 5.41) is 10.3. The third-order valence-electron chi connectivity index (χ3n) is 7.91. The zero-order valence-corrected chi connectivity index (χ0v) is 23.2. The third-order valence-corrected chi connectivity index (χ3v) is 10.6. The van der Waals surface area contributed by atoms with Crippen molar-refractivity contribution in [1.82, 2.24) is 0 Å². The molecule has 3 rings (SSSR count). The molecule has 1 unspecified atom stereocenters. The summed E-state index contributed by atoms with van der Waals surface area (Å²) in [7, 11) is -0.855. The highest BCUT2D eigenvalue weighted by atomic mass is 31.2. The standard InChI is InChI=1S/C28H43O5P/c1-26(2,3)21-13-11-12-20-19(18-22(27(4,5)6)25(30)24(20)21)14-15-23(29)28(16-9-10-17-28)34(31,32-7)33-8/h14-15,18,21,30H,9-13,16-17H2,1-8H3/b15-14+. The maximum absolute atomic E-state index is 13.6. The molecule has 0 spiro atoms. The molecule has 34 heavy (non-hydrogen) atoms. The Labute approximate surface area is 205 Å². The maximum atomic E-state index is 13.6. The van der Waals surface area contributed by atoms with E-state index in [9.17, 15) is 14.5 Å². The predicted molar refractivity (Wildman–Crippen MR) is 139 cm³/mol. The van der Waals surface area contributed by atoms with Gasteiger partial charge in [-0.3, -0.25) is 9.36 Å². The number of benzene rings is 1. The number of rotatable bonds is 6. The van der Waals surface area contributed by atoms with Gasteiger partial charge in [-0.05, 0) is 72.1 Å². The van der Waals surface area contributed by atoms with Crippen LogP contribution in [0, 0.1) is 5.41 Å². The Morgan fingerprint density at radius 3 is 2.18 bits per heavy atom. The van der Waals surface area contributed by atoms with E-state index in [-0.39, 0.29) is 22.5 Å². The number of phenols is 1. The van der Waals surface area contributed by atoms with Crippen molar-refractivity contribution >= 4 is 19.5 Å². The minimum atomic E-state index is -3.58. The Hall–Kier alpha value is -1.42. The SMILES string of the molecule is COP(=O)(OC)C1(C(=O)/C=C/c2cc(C(C)(C)C)c(O)c3c2CCCC3C(C)(C)C)CCCC1. The quantitative estimate of drug-likeness (QED) is 0.329. The highest BCUT2D eigenvalue weighted by Gasteiger charge is 2.56. The van der Waals surface area contributed by atoms with Crippen molar-refractivity contribution in [3.8, 4) is 5.75 Å². The molecule has 1 saturated carbocycles. The maximum Gasteiger partial charge on any atom is 0.343 e. The molecule has 0 radical (unpaired) electrons. The lowest BCUT2D eigenvalue weighted by Crippen LogP contribution is -2.35. The lowest BCUT2D eigenvalue weighted by Gasteiger charge is -2.38. The third kappa shape index (κ3) is 4.68. The lowest BCUT2D eigenvalue weighted by molar-refractivity contribution is -0.117. The van der Waals surface area contributed by atoms with Gasteiger partial charge in [0.05, 0.1) is 0 Å². The minimum Gasteiger partial charge on any atom is -0.507 e. The van der Waals surface area contributed by atoms with Crippen LogP contribution in [0.4, 0.5) is 0 Å². The summed E-state index contributed by atoms with van der Waals surface area (Å²) in [6.45, 7) is 13.0. The van der Waals surface area contributed by atoms with E-state index in [1.54, 1.807) is 6.08 Å². The van der Waals surface area contributed by atoms with Gasteiger partial charge in [-0.1, -0.05) is 60.5 Å². The van der Waals surface area contributed by atoms with Gasteiger partial charge in [0.2, 0.25) is 0 Å². The predicted octanol–water partition coefficient (Wildman–Crippen LogP) is 7.54. The van der Waals surface area contributed by atoms with Crippen molar-refractivity contribution in [2.45, 2.75) is 103 Å². The van der Waals surface area contributed by atoms with Crippen molar-refractivity contribution in [2.24, 2.45) is 5.41 Å². The molecule has 0 amide bonds. The molecule has 6 heteroatoms. The second-order valence-corrected chi connectivity index (χ2v) is 14.7. The number of hydrogen-bond acceptors (Lipinski definition) is 5. The molecular formula is C28H43O5P. The van der Waals surface area contributed by atoms with Crippen LogP contribution in [0.25, 0.3) is 6.08 Å². The Morgan fingerprint density at radius 1 is 1.09 bits per heavy atom. The van der Waals surface area contributed by atoms with Crippen LogP contribution in [-0.4, -0.2) is 30.3 Å². The summed E-state index contributed by atoms with van der Waals surface area (Å²) in [6, 6.07) is 2.04. The largest absolute Gasteiger partial charge is 0.507 e. The molecule has 5 nitrogen and oxygen atoms in total. The van der Waals surface area contributed by atoms with Crippen LogP contribution < -0.4 is 0 Å². The average Bonchev–Trinajstić information content (AvgIpc) is 3.28. The van der Waals surface area contributed by atoms with Gasteiger partial charge in [0.15, 0.2) is 5.78 Å². The first kappa shape index (κ1) is 27.2. The summed E-state index contributed by atoms with van der Waals surface area (Å²) in [4.78, 5) is 13.6. The number of carbonyl (C=O) groups excluding carboxylic acids is 1. The fourth-order valence-corrected chi connectivity index (χ4v) is 8.04. The Kier molecular flexibility index (Phi) is 7.64. The van der Waals surface area contributed by atoms with Crippen LogP contribution in [0.2, 0.25) is 0 Å². The van der Waals surface area contributed by atoms with Crippen molar-refractivity contribution in [3.05, 3.63) is 34.4 Å². The molecule has 1 fully saturated rings. The molecule has 0 aliphatic heterocycles. The number of hydrogen-bond donors (Lipinski definition) is 1. The molecule has 1 aromatic rings. The van der Waals surface area contributed by atoms with E-state index in [1.807, 2.05) is 12.1 Å². The van der Waals surface area contributed by atoms with Gasteiger partial charge in [0.25, 0.3) is 0 Å². The average molecular weight is 491 g/mol. The second-order valence-electron chi connectivity index (χ2n) is 12.1. The molecule has 2 aliphatic carbocycles. The van der Waals surface area contributed by atoms with Crippen LogP contribution in [0.1, 0.15) is 108 Å². The van der Waals surface area contributed by atoms with Gasteiger partial charge < -0.3 is 14.2 Å². The van der Waals surface area contributed by atoms with Gasteiger partial charge in [0, 0.05) is 25.3 Å². The summed E-state index contributed by atoms with van der Waals surface area (Å²) >= 11 is 0. The van der Waals surface area contributed by atoms with E-state index < -0.39 is 12.8 Å². The minimum absolute atomic E-state index is 0.0113. The fraction of sp³-hybridized carbons (Fsp3) is 0.679. The van der Waals surface area contributed by atoms with E-state index in [0.717, 1.165) is 54.4 Å². The first-order valence-corrected chi connectivity index (χ1v) is 14.1. The summed E-state index contributed by atoms with van der Waals surface area (Å²) in [5.74, 6) is 0.449. The molecule has 2 aliphatic rings. The summed E-state index contributed by atoms with van der Waals surface area (Å²) in [5.41, 5.74) is 3.79. The van der Waals surface area contributed by atoms with Gasteiger partial charge in [-0.15, -0.1) is 0 Å². The van der Waals surface area contributed by atoms with Crippen LogP contribution in [0.5, 0.6) is 5.75 Å². The Balaban J connectivity index is 2.15. The highest BCUT2D eigenvalue weighted by molar-refractivity contribution is 7.56. The van der Waals surface area contributed by atoms with Gasteiger partial charge >= 0.3 is 7.60 Å². The molecular weight excluding hydrogens is 447 g/mol. The van der Waals surface area contributed by atoms with Crippen LogP contribution in [-0.2, 0) is 30.2 Å². The van der Waals surface area contributed by atoms with Crippen LogP contribution >= 0.6 is 7.60 Å². The number of allylic oxidation sites excluding steroid dienone is 1. The number of carbonyl (C=O) groups is 1. The number of phenolic OH excluding ortho intramolecular Hbond substituents is 1. The monoisotopic (exact) mass is 490 g/mol. The van der Waals surface area contributed by atoms with Crippen molar-refractivity contribution < 1.29 is 23.5 Å². The van der Waals surface area contributed by atoms with Gasteiger partial charge in [0.1, 0.15) is 10.9 Å². The summed E-state index contributed by atoms with van der Waals surface area (Å²) < 4.78 is 24.0. The molecule has 0 bridgehead atoms. The van der Waals surface area contributed by atoms with Crippen molar-refractivity contribution in [1.29, 1.82) is 0 Å². The second kappa shape index (κ2) is 9.56. The molecule has 0 aromatic heterocycles. The molecule has 190 valence electrons. The van der Waals surface area contributed by atoms with Crippen molar-refractivity contribution in [2.75, 3.05) is 14.2 Å². The number of aromatic hydroxyl groups is 1. The first-order valence-electron chi connectivity index (χ1n) is 12.5. The molecule has 0 heterocycles. The molecule has 1 aromatic carbocycles. The van der Waals surface area contributed by atoms with Gasteiger partial charge in [-0.2, -0.15) is 0 Å². The number of ketones is 1. The Bertz CT molecular complexity index is 995. The molecule has 1 N–H and O–H groups in total. The van der Waals surface area contributed by atoms with Crippen molar-refractivity contribution in [3.63, 3.8) is 0 Å². The van der Waals surface area contributed by atoms with Gasteiger partial charge in [-0.25, -0.2) is 0 Å². The summed E-state index contributed by atoms with van der Waals surface area (Å²) in [6.07, 6.45) is 9.06. The lowest BCUT2D eigenvalue weighted by atomic mass is 9.66. The van der Waals surface area contributed by atoms with E-state index in [4.69, 9.17) is 9.05 Å². The van der Waals surface area contributed by atoms with Crippen LogP contribution in [0.3, 0.4) is 0 Å². The molecule has 1 atom stereocenters. The van der Waals surface area contributed by atoms with E-state index in [1.165, 1.54) is 14.2 Å². The van der Waals surface area contributed by atoms with Crippen LogP contribution in [0.15, 0.2) is 12.1 Å². The smallest absolute Gasteiger partial charge is 0.343 e. The zero-order valence-electron chi connectivity index (χ0n) is 22.3. The Morgan fingerprint density at radius 2 is 1.68 bits per heavy atom. The highest BCUT2D eigenvalue weighted by Crippen LogP contribution is 2.65. The zero-order chi connectivity index (χ0) is 25.5. The first-order chi connectivity index (χ1) is 15.7. The topological polar surface area (TPSA) is 72.8 Å². The normalized spacial score (nSPS) is 21.1. The van der Waals surface area contributed by atoms with E-state index in [2.05, 4.69) is 41.5 Å². The van der Waals surface area contributed by atoms with E-state index >= 15 is 0 Å². The molecule has 0 saturated heterocycles.